The molecule has 84 valence electrons. The van der Waals surface area contributed by atoms with E-state index in [1.165, 1.54) is 5.56 Å². The van der Waals surface area contributed by atoms with E-state index in [2.05, 4.69) is 19.8 Å². The lowest BCUT2D eigenvalue weighted by molar-refractivity contribution is 1.13. The maximum Gasteiger partial charge on any atom is 0.166 e. The molecule has 0 unspecified atom stereocenters. The van der Waals surface area contributed by atoms with Crippen molar-refractivity contribution in [2.45, 2.75) is 6.42 Å². The molecule has 0 aliphatic carbocycles. The summed E-state index contributed by atoms with van der Waals surface area (Å²) in [5.74, 6) is 0. The number of rotatable bonds is 2. The van der Waals surface area contributed by atoms with Crippen molar-refractivity contribution in [1.29, 1.82) is 0 Å². The van der Waals surface area contributed by atoms with E-state index in [0.717, 1.165) is 28.3 Å². The Balaban J connectivity index is 2.09. The van der Waals surface area contributed by atoms with E-state index >= 15 is 0 Å². The van der Waals surface area contributed by atoms with Gasteiger partial charge in [0.15, 0.2) is 5.15 Å². The Kier molecular flexibility index (Phi) is 2.74. The molecule has 0 aliphatic rings. The lowest BCUT2D eigenvalue weighted by Gasteiger charge is -2.03. The van der Waals surface area contributed by atoms with Gasteiger partial charge in [0.1, 0.15) is 0 Å². The van der Waals surface area contributed by atoms with Crippen LogP contribution in [-0.2, 0) is 6.42 Å². The molecular formula is C12H8ClN3S. The van der Waals surface area contributed by atoms with Crippen molar-refractivity contribution < 1.29 is 0 Å². The number of pyridine rings is 1. The third-order valence-corrected chi connectivity index (χ3v) is 3.58. The monoisotopic (exact) mass is 261 g/mol. The van der Waals surface area contributed by atoms with Crippen molar-refractivity contribution in [3.63, 3.8) is 0 Å². The number of aromatic nitrogens is 3. The summed E-state index contributed by atoms with van der Waals surface area (Å²) < 4.78 is 8.17. The number of nitrogens with zero attached hydrogens (tertiary/aromatic N) is 3. The van der Waals surface area contributed by atoms with E-state index in [1.807, 2.05) is 30.5 Å². The van der Waals surface area contributed by atoms with Crippen LogP contribution in [0.3, 0.4) is 0 Å². The van der Waals surface area contributed by atoms with Gasteiger partial charge in [-0.05, 0) is 17.7 Å². The number of hydrogen-bond acceptors (Lipinski definition) is 4. The van der Waals surface area contributed by atoms with Crippen LogP contribution in [0, 0.1) is 0 Å². The molecule has 0 radical (unpaired) electrons. The second-order valence-corrected chi connectivity index (χ2v) is 4.55. The van der Waals surface area contributed by atoms with E-state index in [0.29, 0.717) is 11.6 Å². The normalized spacial score (nSPS) is 10.9. The Morgan fingerprint density at radius 2 is 2.00 bits per heavy atom. The first-order chi connectivity index (χ1) is 8.34. The van der Waals surface area contributed by atoms with Crippen molar-refractivity contribution in [2.24, 2.45) is 0 Å². The number of para-hydroxylation sites is 1. The highest BCUT2D eigenvalue weighted by atomic mass is 35.5. The molecule has 0 bridgehead atoms. The smallest absolute Gasteiger partial charge is 0.166 e. The minimum atomic E-state index is 0.496. The summed E-state index contributed by atoms with van der Waals surface area (Å²) in [4.78, 5) is 4.33. The van der Waals surface area contributed by atoms with Crippen LogP contribution < -0.4 is 0 Å². The molecular weight excluding hydrogens is 254 g/mol. The van der Waals surface area contributed by atoms with Gasteiger partial charge in [-0.1, -0.05) is 29.8 Å². The van der Waals surface area contributed by atoms with Gasteiger partial charge in [-0.25, -0.2) is 0 Å². The highest BCUT2D eigenvalue weighted by molar-refractivity contribution is 6.99. The first-order valence-corrected chi connectivity index (χ1v) is 6.25. The van der Waals surface area contributed by atoms with Crippen LogP contribution in [0.25, 0.3) is 10.9 Å². The fraction of sp³-hybridized carbons (Fsp3) is 0.0833. The molecule has 3 rings (SSSR count). The fourth-order valence-electron chi connectivity index (χ4n) is 1.79. The van der Waals surface area contributed by atoms with Gasteiger partial charge < -0.3 is 0 Å². The highest BCUT2D eigenvalue weighted by Crippen LogP contribution is 2.22. The van der Waals surface area contributed by atoms with Crippen LogP contribution in [0.2, 0.25) is 5.15 Å². The number of fused-ring (bicyclic) bond motifs is 1. The van der Waals surface area contributed by atoms with E-state index in [9.17, 15) is 0 Å². The molecule has 0 atom stereocenters. The molecule has 0 amide bonds. The Morgan fingerprint density at radius 1 is 1.12 bits per heavy atom. The summed E-state index contributed by atoms with van der Waals surface area (Å²) in [7, 11) is 0. The van der Waals surface area contributed by atoms with Gasteiger partial charge in [0, 0.05) is 18.0 Å². The summed E-state index contributed by atoms with van der Waals surface area (Å²) in [6.07, 6.45) is 2.50. The molecule has 0 aliphatic heterocycles. The standard InChI is InChI=1S/C12H8ClN3S/c13-12-11(15-17-16-12)7-8-5-6-14-10-4-2-1-3-9(8)10/h1-6H,7H2. The first kappa shape index (κ1) is 10.6. The van der Waals surface area contributed by atoms with E-state index in [4.69, 9.17) is 11.6 Å². The highest BCUT2D eigenvalue weighted by Gasteiger charge is 2.08. The predicted octanol–water partition coefficient (Wildman–Crippen LogP) is 3.33. The topological polar surface area (TPSA) is 38.7 Å². The minimum absolute atomic E-state index is 0.496. The lowest BCUT2D eigenvalue weighted by atomic mass is 10.1. The number of benzene rings is 1. The molecule has 5 heteroatoms. The van der Waals surface area contributed by atoms with Gasteiger partial charge in [-0.3, -0.25) is 4.98 Å². The third kappa shape index (κ3) is 2.01. The zero-order valence-corrected chi connectivity index (χ0v) is 10.4. The maximum atomic E-state index is 5.96. The van der Waals surface area contributed by atoms with Gasteiger partial charge in [-0.15, -0.1) is 0 Å². The Morgan fingerprint density at radius 3 is 2.82 bits per heavy atom. The number of halogens is 1. The molecule has 3 aromatic rings. The summed E-state index contributed by atoms with van der Waals surface area (Å²) in [5.41, 5.74) is 2.99. The molecule has 0 saturated carbocycles. The summed E-state index contributed by atoms with van der Waals surface area (Å²) in [6, 6.07) is 10.0. The van der Waals surface area contributed by atoms with Crippen molar-refractivity contribution in [1.82, 2.24) is 13.7 Å². The molecule has 3 nitrogen and oxygen atoms in total. The van der Waals surface area contributed by atoms with Gasteiger partial charge in [0.05, 0.1) is 22.9 Å². The molecule has 0 saturated heterocycles. The van der Waals surface area contributed by atoms with Gasteiger partial charge in [-0.2, -0.15) is 8.75 Å². The first-order valence-electron chi connectivity index (χ1n) is 5.14. The van der Waals surface area contributed by atoms with Crippen LogP contribution in [0.5, 0.6) is 0 Å². The molecule has 17 heavy (non-hydrogen) atoms. The second-order valence-electron chi connectivity index (χ2n) is 3.67. The van der Waals surface area contributed by atoms with Crippen molar-refractivity contribution in [3.05, 3.63) is 52.9 Å². The van der Waals surface area contributed by atoms with Gasteiger partial charge in [0.25, 0.3) is 0 Å². The van der Waals surface area contributed by atoms with Crippen molar-refractivity contribution >= 4 is 34.2 Å². The zero-order valence-electron chi connectivity index (χ0n) is 8.80. The van der Waals surface area contributed by atoms with Crippen LogP contribution in [-0.4, -0.2) is 13.7 Å². The van der Waals surface area contributed by atoms with Crippen LogP contribution in [0.4, 0.5) is 0 Å². The summed E-state index contributed by atoms with van der Waals surface area (Å²) in [5, 5.41) is 1.63. The molecule has 2 heterocycles. The Labute approximate surface area is 107 Å². The third-order valence-electron chi connectivity index (χ3n) is 2.61. The molecule has 0 fully saturated rings. The predicted molar refractivity (Wildman–Crippen MR) is 69.5 cm³/mol. The van der Waals surface area contributed by atoms with E-state index < -0.39 is 0 Å². The summed E-state index contributed by atoms with van der Waals surface area (Å²) in [6.45, 7) is 0. The zero-order chi connectivity index (χ0) is 11.7. The minimum Gasteiger partial charge on any atom is -0.256 e. The second kappa shape index (κ2) is 4.39. The fourth-order valence-corrected chi connectivity index (χ4v) is 2.51. The van der Waals surface area contributed by atoms with Crippen LogP contribution >= 0.6 is 23.3 Å². The summed E-state index contributed by atoms with van der Waals surface area (Å²) >= 11 is 7.11. The maximum absolute atomic E-state index is 5.96. The van der Waals surface area contributed by atoms with Crippen molar-refractivity contribution in [3.8, 4) is 0 Å². The Bertz CT molecular complexity index is 660. The van der Waals surface area contributed by atoms with Crippen molar-refractivity contribution in [2.75, 3.05) is 0 Å². The van der Waals surface area contributed by atoms with E-state index in [-0.39, 0.29) is 0 Å². The Hall–Kier alpha value is -1.52. The average Bonchev–Trinajstić information content (AvgIpc) is 2.76. The van der Waals surface area contributed by atoms with Crippen LogP contribution in [0.1, 0.15) is 11.3 Å². The molecule has 2 aromatic heterocycles. The largest absolute Gasteiger partial charge is 0.256 e. The van der Waals surface area contributed by atoms with Crippen LogP contribution in [0.15, 0.2) is 36.5 Å². The SMILES string of the molecule is Clc1nsnc1Cc1ccnc2ccccc12. The van der Waals surface area contributed by atoms with E-state index in [1.54, 1.807) is 0 Å². The molecule has 0 N–H and O–H groups in total. The van der Waals surface area contributed by atoms with Gasteiger partial charge in [0.2, 0.25) is 0 Å². The average molecular weight is 262 g/mol. The quantitative estimate of drug-likeness (QED) is 0.710. The number of hydrogen-bond donors (Lipinski definition) is 0. The molecule has 0 spiro atoms. The van der Waals surface area contributed by atoms with Gasteiger partial charge >= 0.3 is 0 Å². The molecule has 1 aromatic carbocycles. The lowest BCUT2D eigenvalue weighted by Crippen LogP contribution is -1.92.